The number of thioether (sulfide) groups is 1. The number of para-hydroxylation sites is 1. The van der Waals surface area contributed by atoms with Crippen molar-refractivity contribution in [2.45, 2.75) is 12.3 Å². The highest BCUT2D eigenvalue weighted by Crippen LogP contribution is 2.25. The molecule has 3 nitrogen and oxygen atoms in total. The van der Waals surface area contributed by atoms with Crippen molar-refractivity contribution in [1.82, 2.24) is 4.90 Å². The molecule has 1 fully saturated rings. The number of carbonyl (C=O) groups excluding carboxylic acids is 1. The highest BCUT2D eigenvalue weighted by molar-refractivity contribution is 8.00. The van der Waals surface area contributed by atoms with E-state index in [-0.39, 0.29) is 17.2 Å². The predicted octanol–water partition coefficient (Wildman–Crippen LogP) is 2.51. The Hall–Kier alpha value is -0.870. The molecule has 1 saturated heterocycles. The van der Waals surface area contributed by atoms with Crippen LogP contribution in [0.15, 0.2) is 24.3 Å². The van der Waals surface area contributed by atoms with Gasteiger partial charge in [-0.3, -0.25) is 4.79 Å². The van der Waals surface area contributed by atoms with Crippen LogP contribution in [0, 0.1) is 6.92 Å². The monoisotopic (exact) mass is 285 g/mol. The Morgan fingerprint density at radius 3 is 3.06 bits per heavy atom. The quantitative estimate of drug-likeness (QED) is 0.796. The third-order valence-electron chi connectivity index (χ3n) is 2.90. The van der Waals surface area contributed by atoms with Crippen LogP contribution in [-0.2, 0) is 4.79 Å². The van der Waals surface area contributed by atoms with E-state index >= 15 is 0 Å². The summed E-state index contributed by atoms with van der Waals surface area (Å²) in [6.07, 6.45) is 0. The third kappa shape index (κ3) is 3.12. The molecule has 0 bridgehead atoms. The van der Waals surface area contributed by atoms with Crippen LogP contribution in [0.3, 0.4) is 0 Å². The molecule has 1 aliphatic heterocycles. The summed E-state index contributed by atoms with van der Waals surface area (Å²) < 4.78 is 5.79. The summed E-state index contributed by atoms with van der Waals surface area (Å²) in [4.78, 5) is 13.4. The Balaban J connectivity index is 1.94. The zero-order valence-electron chi connectivity index (χ0n) is 10.3. The Morgan fingerprint density at radius 1 is 1.56 bits per heavy atom. The number of ether oxygens (including phenoxy) is 1. The molecule has 0 radical (unpaired) electrons. The van der Waals surface area contributed by atoms with Gasteiger partial charge in [-0.1, -0.05) is 18.2 Å². The van der Waals surface area contributed by atoms with E-state index in [9.17, 15) is 4.79 Å². The number of alkyl halides is 1. The standard InChI is InChI=1S/C13H16ClNO2S/c1-10-4-2-3-5-11(10)17-9-13-15(6-7-18-13)12(16)8-14/h2-5,13H,6-9H2,1H3. The number of nitrogens with zero attached hydrogens (tertiary/aromatic N) is 1. The molecular weight excluding hydrogens is 270 g/mol. The molecule has 0 N–H and O–H groups in total. The van der Waals surface area contributed by atoms with E-state index in [0.29, 0.717) is 6.61 Å². The molecule has 98 valence electrons. The van der Waals surface area contributed by atoms with Crippen molar-refractivity contribution < 1.29 is 9.53 Å². The minimum atomic E-state index is -0.0138. The predicted molar refractivity (Wildman–Crippen MR) is 75.4 cm³/mol. The smallest absolute Gasteiger partial charge is 0.238 e. The van der Waals surface area contributed by atoms with E-state index in [1.807, 2.05) is 31.2 Å². The van der Waals surface area contributed by atoms with Crippen molar-refractivity contribution in [2.24, 2.45) is 0 Å². The minimum Gasteiger partial charge on any atom is -0.490 e. The topological polar surface area (TPSA) is 29.5 Å². The van der Waals surface area contributed by atoms with Crippen molar-refractivity contribution in [3.8, 4) is 5.75 Å². The van der Waals surface area contributed by atoms with E-state index in [4.69, 9.17) is 16.3 Å². The molecule has 1 amide bonds. The highest BCUT2D eigenvalue weighted by atomic mass is 35.5. The molecule has 18 heavy (non-hydrogen) atoms. The molecule has 0 spiro atoms. The first-order valence-electron chi connectivity index (χ1n) is 5.88. The summed E-state index contributed by atoms with van der Waals surface area (Å²) in [6, 6.07) is 7.89. The van der Waals surface area contributed by atoms with Crippen molar-refractivity contribution in [1.29, 1.82) is 0 Å². The van der Waals surface area contributed by atoms with E-state index < -0.39 is 0 Å². The molecule has 1 aromatic carbocycles. The summed E-state index contributed by atoms with van der Waals surface area (Å²) in [5, 5.41) is 0.0795. The van der Waals surface area contributed by atoms with Gasteiger partial charge in [0.1, 0.15) is 23.6 Å². The molecular formula is C13H16ClNO2S. The second-order valence-electron chi connectivity index (χ2n) is 4.12. The average Bonchev–Trinajstić information content (AvgIpc) is 2.85. The molecule has 0 aliphatic carbocycles. The van der Waals surface area contributed by atoms with Gasteiger partial charge in [-0.25, -0.2) is 0 Å². The number of aryl methyl sites for hydroxylation is 1. The lowest BCUT2D eigenvalue weighted by Gasteiger charge is -2.23. The lowest BCUT2D eigenvalue weighted by Crippen LogP contribution is -2.38. The van der Waals surface area contributed by atoms with Gasteiger partial charge in [-0.15, -0.1) is 23.4 Å². The van der Waals surface area contributed by atoms with Crippen LogP contribution < -0.4 is 4.74 Å². The van der Waals surface area contributed by atoms with Crippen LogP contribution in [-0.4, -0.2) is 41.0 Å². The first-order chi connectivity index (χ1) is 8.72. The fourth-order valence-electron chi connectivity index (χ4n) is 1.90. The number of carbonyl (C=O) groups is 1. The Labute approximate surface area is 116 Å². The van der Waals surface area contributed by atoms with Gasteiger partial charge in [0, 0.05) is 12.3 Å². The summed E-state index contributed by atoms with van der Waals surface area (Å²) in [6.45, 7) is 3.29. The first-order valence-corrected chi connectivity index (χ1v) is 7.46. The van der Waals surface area contributed by atoms with Crippen LogP contribution in [0.1, 0.15) is 5.56 Å². The first kappa shape index (κ1) is 13.6. The molecule has 1 aromatic rings. The number of benzene rings is 1. The Kier molecular flexibility index (Phi) is 4.78. The van der Waals surface area contributed by atoms with Gasteiger partial charge < -0.3 is 9.64 Å². The number of amides is 1. The molecule has 1 aliphatic rings. The maximum atomic E-state index is 11.6. The molecule has 0 aromatic heterocycles. The normalized spacial score (nSPS) is 19.0. The number of hydrogen-bond donors (Lipinski definition) is 0. The summed E-state index contributed by atoms with van der Waals surface area (Å²) in [5.41, 5.74) is 1.11. The molecule has 1 heterocycles. The molecule has 1 atom stereocenters. The number of rotatable bonds is 4. The second-order valence-corrected chi connectivity index (χ2v) is 5.68. The van der Waals surface area contributed by atoms with Crippen molar-refractivity contribution in [3.63, 3.8) is 0 Å². The van der Waals surface area contributed by atoms with Gasteiger partial charge in [0.15, 0.2) is 0 Å². The van der Waals surface area contributed by atoms with Gasteiger partial charge in [-0.2, -0.15) is 0 Å². The third-order valence-corrected chi connectivity index (χ3v) is 4.32. The highest BCUT2D eigenvalue weighted by Gasteiger charge is 2.29. The molecule has 0 saturated carbocycles. The summed E-state index contributed by atoms with van der Waals surface area (Å²) in [5.74, 6) is 1.86. The fraction of sp³-hybridized carbons (Fsp3) is 0.462. The molecule has 1 unspecified atom stereocenters. The summed E-state index contributed by atoms with van der Waals surface area (Å²) >= 11 is 7.34. The second kappa shape index (κ2) is 6.34. The van der Waals surface area contributed by atoms with Gasteiger partial charge in [0.25, 0.3) is 0 Å². The zero-order valence-corrected chi connectivity index (χ0v) is 11.8. The average molecular weight is 286 g/mol. The number of halogens is 1. The molecule has 5 heteroatoms. The van der Waals surface area contributed by atoms with Gasteiger partial charge in [0.2, 0.25) is 5.91 Å². The maximum absolute atomic E-state index is 11.6. The van der Waals surface area contributed by atoms with Crippen LogP contribution in [0.25, 0.3) is 0 Å². The van der Waals surface area contributed by atoms with Crippen LogP contribution >= 0.6 is 23.4 Å². The fourth-order valence-corrected chi connectivity index (χ4v) is 3.20. The van der Waals surface area contributed by atoms with E-state index in [2.05, 4.69) is 0 Å². The van der Waals surface area contributed by atoms with Crippen molar-refractivity contribution in [2.75, 3.05) is 24.8 Å². The van der Waals surface area contributed by atoms with Crippen LogP contribution in [0.5, 0.6) is 5.75 Å². The van der Waals surface area contributed by atoms with Gasteiger partial charge >= 0.3 is 0 Å². The van der Waals surface area contributed by atoms with E-state index in [0.717, 1.165) is 23.6 Å². The lowest BCUT2D eigenvalue weighted by molar-refractivity contribution is -0.128. The minimum absolute atomic E-state index is 0.0138. The van der Waals surface area contributed by atoms with Crippen LogP contribution in [0.2, 0.25) is 0 Å². The largest absolute Gasteiger partial charge is 0.490 e. The van der Waals surface area contributed by atoms with E-state index in [1.165, 1.54) is 0 Å². The lowest BCUT2D eigenvalue weighted by atomic mass is 10.2. The van der Waals surface area contributed by atoms with Gasteiger partial charge in [-0.05, 0) is 18.6 Å². The van der Waals surface area contributed by atoms with Crippen molar-refractivity contribution >= 4 is 29.3 Å². The Morgan fingerprint density at radius 2 is 2.33 bits per heavy atom. The maximum Gasteiger partial charge on any atom is 0.238 e. The zero-order chi connectivity index (χ0) is 13.0. The van der Waals surface area contributed by atoms with Crippen molar-refractivity contribution in [3.05, 3.63) is 29.8 Å². The number of hydrogen-bond acceptors (Lipinski definition) is 3. The summed E-state index contributed by atoms with van der Waals surface area (Å²) in [7, 11) is 0. The van der Waals surface area contributed by atoms with Crippen LogP contribution in [0.4, 0.5) is 0 Å². The SMILES string of the molecule is Cc1ccccc1OCC1SCCN1C(=O)CCl. The Bertz CT molecular complexity index is 427. The molecule has 2 rings (SSSR count). The van der Waals surface area contributed by atoms with E-state index in [1.54, 1.807) is 16.7 Å². The van der Waals surface area contributed by atoms with Gasteiger partial charge in [0.05, 0.1) is 0 Å².